The van der Waals surface area contributed by atoms with Crippen LogP contribution < -0.4 is 5.32 Å². The minimum Gasteiger partial charge on any atom is -0.481 e. The van der Waals surface area contributed by atoms with Crippen molar-refractivity contribution in [2.45, 2.75) is 25.3 Å². The summed E-state index contributed by atoms with van der Waals surface area (Å²) in [4.78, 5) is 38.0. The van der Waals surface area contributed by atoms with Crippen LogP contribution in [-0.2, 0) is 9.59 Å². The number of amides is 2. The Balaban J connectivity index is 1.69. The van der Waals surface area contributed by atoms with Gasteiger partial charge in [-0.2, -0.15) is 0 Å². The summed E-state index contributed by atoms with van der Waals surface area (Å²) in [7, 11) is 0. The summed E-state index contributed by atoms with van der Waals surface area (Å²) >= 11 is 0. The van der Waals surface area contributed by atoms with Crippen LogP contribution >= 0.6 is 0 Å². The smallest absolute Gasteiger partial charge is 0.303 e. The lowest BCUT2D eigenvalue weighted by atomic mass is 10.0. The van der Waals surface area contributed by atoms with E-state index in [1.165, 1.54) is 0 Å². The van der Waals surface area contributed by atoms with Crippen LogP contribution in [0, 0.1) is 5.92 Å². The first kappa shape index (κ1) is 19.6. The van der Waals surface area contributed by atoms with Crippen LogP contribution in [0.15, 0.2) is 60.7 Å². The average Bonchev–Trinajstić information content (AvgIpc) is 3.16. The average molecular weight is 380 g/mol. The topological polar surface area (TPSA) is 86.7 Å². The molecule has 2 atom stereocenters. The first-order chi connectivity index (χ1) is 13.5. The van der Waals surface area contributed by atoms with E-state index in [4.69, 9.17) is 5.11 Å². The molecule has 1 saturated heterocycles. The van der Waals surface area contributed by atoms with E-state index in [1.807, 2.05) is 36.4 Å². The van der Waals surface area contributed by atoms with Crippen LogP contribution in [0.5, 0.6) is 0 Å². The maximum absolute atomic E-state index is 12.8. The molecule has 146 valence electrons. The van der Waals surface area contributed by atoms with Gasteiger partial charge >= 0.3 is 5.97 Å². The minimum absolute atomic E-state index is 0.00413. The monoisotopic (exact) mass is 380 g/mol. The summed E-state index contributed by atoms with van der Waals surface area (Å²) in [6, 6.07) is 17.9. The summed E-state index contributed by atoms with van der Waals surface area (Å²) in [6.45, 7) is 1.02. The van der Waals surface area contributed by atoms with Crippen molar-refractivity contribution in [1.29, 1.82) is 0 Å². The third kappa shape index (κ3) is 5.19. The molecule has 2 N–H and O–H groups in total. The molecule has 0 saturated carbocycles. The van der Waals surface area contributed by atoms with E-state index in [0.29, 0.717) is 25.1 Å². The molecule has 0 spiro atoms. The number of rotatable bonds is 7. The van der Waals surface area contributed by atoms with Gasteiger partial charge in [0.2, 0.25) is 5.91 Å². The summed E-state index contributed by atoms with van der Waals surface area (Å²) in [6.07, 6.45) is 0.920. The zero-order chi connectivity index (χ0) is 19.9. The lowest BCUT2D eigenvalue weighted by Crippen LogP contribution is -2.35. The van der Waals surface area contributed by atoms with Gasteiger partial charge in [-0.3, -0.25) is 14.4 Å². The highest BCUT2D eigenvalue weighted by molar-refractivity contribution is 5.94. The molecule has 3 rings (SSSR count). The van der Waals surface area contributed by atoms with Gasteiger partial charge in [0.05, 0.1) is 12.5 Å². The summed E-state index contributed by atoms with van der Waals surface area (Å²) < 4.78 is 0. The van der Waals surface area contributed by atoms with Gasteiger partial charge < -0.3 is 15.3 Å². The molecule has 2 amide bonds. The van der Waals surface area contributed by atoms with Crippen LogP contribution in [0.3, 0.4) is 0 Å². The zero-order valence-electron chi connectivity index (χ0n) is 15.6. The number of aliphatic carboxylic acids is 1. The molecule has 28 heavy (non-hydrogen) atoms. The maximum atomic E-state index is 12.8. The number of carbonyl (C=O) groups is 3. The predicted molar refractivity (Wildman–Crippen MR) is 105 cm³/mol. The van der Waals surface area contributed by atoms with Crippen LogP contribution in [0.2, 0.25) is 0 Å². The molecule has 0 radical (unpaired) electrons. The molecule has 0 aliphatic carbocycles. The van der Waals surface area contributed by atoms with Gasteiger partial charge in [-0.25, -0.2) is 0 Å². The number of carboxylic acid groups (broad SMARTS) is 1. The molecule has 2 aromatic rings. The van der Waals surface area contributed by atoms with Crippen molar-refractivity contribution in [2.75, 3.05) is 13.1 Å². The molecule has 2 aromatic carbocycles. The highest BCUT2D eigenvalue weighted by Gasteiger charge is 2.29. The Morgan fingerprint density at radius 1 is 1.04 bits per heavy atom. The zero-order valence-corrected chi connectivity index (χ0v) is 15.6. The second-order valence-corrected chi connectivity index (χ2v) is 7.10. The molecular formula is C22H24N2O4. The van der Waals surface area contributed by atoms with Gasteiger partial charge in [0, 0.05) is 25.1 Å². The molecule has 1 aliphatic heterocycles. The number of nitrogens with one attached hydrogen (secondary N) is 1. The van der Waals surface area contributed by atoms with Crippen molar-refractivity contribution in [2.24, 2.45) is 5.92 Å². The van der Waals surface area contributed by atoms with Gasteiger partial charge in [-0.1, -0.05) is 48.5 Å². The van der Waals surface area contributed by atoms with Crippen LogP contribution in [0.4, 0.5) is 0 Å². The molecule has 2 unspecified atom stereocenters. The molecule has 6 nitrogen and oxygen atoms in total. The van der Waals surface area contributed by atoms with E-state index in [2.05, 4.69) is 5.32 Å². The van der Waals surface area contributed by atoms with E-state index in [1.54, 1.807) is 29.2 Å². The third-order valence-electron chi connectivity index (χ3n) is 5.02. The first-order valence-corrected chi connectivity index (χ1v) is 9.43. The van der Waals surface area contributed by atoms with Crippen molar-refractivity contribution >= 4 is 17.8 Å². The Labute approximate surface area is 164 Å². The fourth-order valence-corrected chi connectivity index (χ4v) is 3.55. The SMILES string of the molecule is O=C(O)CC1CCN(C(=O)CC(NC(=O)c2ccccc2)c2ccccc2)C1. The van der Waals surface area contributed by atoms with E-state index < -0.39 is 12.0 Å². The Morgan fingerprint density at radius 3 is 2.32 bits per heavy atom. The van der Waals surface area contributed by atoms with Crippen molar-refractivity contribution in [3.63, 3.8) is 0 Å². The van der Waals surface area contributed by atoms with E-state index in [0.717, 1.165) is 5.56 Å². The fourth-order valence-electron chi connectivity index (χ4n) is 3.55. The quantitative estimate of drug-likeness (QED) is 0.773. The Hall–Kier alpha value is -3.15. The van der Waals surface area contributed by atoms with Crippen molar-refractivity contribution < 1.29 is 19.5 Å². The third-order valence-corrected chi connectivity index (χ3v) is 5.02. The highest BCUT2D eigenvalue weighted by atomic mass is 16.4. The number of carbonyl (C=O) groups excluding carboxylic acids is 2. The van der Waals surface area contributed by atoms with Gasteiger partial charge in [-0.15, -0.1) is 0 Å². The molecule has 6 heteroatoms. The van der Waals surface area contributed by atoms with Crippen LogP contribution in [0.1, 0.15) is 41.2 Å². The van der Waals surface area contributed by atoms with Crippen LogP contribution in [-0.4, -0.2) is 40.9 Å². The van der Waals surface area contributed by atoms with Gasteiger partial charge in [0.1, 0.15) is 0 Å². The predicted octanol–water partition coefficient (Wildman–Crippen LogP) is 2.87. The fraction of sp³-hybridized carbons (Fsp3) is 0.318. The summed E-state index contributed by atoms with van der Waals surface area (Å²) in [5, 5.41) is 11.9. The van der Waals surface area contributed by atoms with Crippen molar-refractivity contribution in [3.8, 4) is 0 Å². The van der Waals surface area contributed by atoms with Gasteiger partial charge in [0.15, 0.2) is 0 Å². The summed E-state index contributed by atoms with van der Waals surface area (Å²) in [5.41, 5.74) is 1.40. The second-order valence-electron chi connectivity index (χ2n) is 7.10. The summed E-state index contributed by atoms with van der Waals surface area (Å²) in [5.74, 6) is -1.14. The van der Waals surface area contributed by atoms with E-state index >= 15 is 0 Å². The first-order valence-electron chi connectivity index (χ1n) is 9.43. The molecule has 1 heterocycles. The van der Waals surface area contributed by atoms with Gasteiger partial charge in [-0.05, 0) is 30.0 Å². The van der Waals surface area contributed by atoms with Crippen molar-refractivity contribution in [1.82, 2.24) is 10.2 Å². The van der Waals surface area contributed by atoms with E-state index in [9.17, 15) is 14.4 Å². The Kier molecular flexibility index (Phi) is 6.42. The second kappa shape index (κ2) is 9.17. The standard InChI is InChI=1S/C22H24N2O4/c25-20(24-12-11-16(15-24)13-21(26)27)14-19(17-7-3-1-4-8-17)23-22(28)18-9-5-2-6-10-18/h1-10,16,19H,11-15H2,(H,23,28)(H,26,27). The number of nitrogens with zero attached hydrogens (tertiary/aromatic N) is 1. The number of carboxylic acids is 1. The lowest BCUT2D eigenvalue weighted by molar-refractivity contribution is -0.138. The Morgan fingerprint density at radius 2 is 1.68 bits per heavy atom. The molecule has 1 aliphatic rings. The maximum Gasteiger partial charge on any atom is 0.303 e. The normalized spacial score (nSPS) is 17.1. The largest absolute Gasteiger partial charge is 0.481 e. The number of hydrogen-bond donors (Lipinski definition) is 2. The number of likely N-dealkylation sites (tertiary alicyclic amines) is 1. The Bertz CT molecular complexity index is 823. The van der Waals surface area contributed by atoms with Crippen molar-refractivity contribution in [3.05, 3.63) is 71.8 Å². The molecular weight excluding hydrogens is 356 g/mol. The number of hydrogen-bond acceptors (Lipinski definition) is 3. The van der Waals surface area contributed by atoms with E-state index in [-0.39, 0.29) is 30.6 Å². The van der Waals surface area contributed by atoms with Gasteiger partial charge in [0.25, 0.3) is 5.91 Å². The minimum atomic E-state index is -0.836. The van der Waals surface area contributed by atoms with Crippen LogP contribution in [0.25, 0.3) is 0 Å². The number of benzene rings is 2. The highest BCUT2D eigenvalue weighted by Crippen LogP contribution is 2.24. The molecule has 0 aromatic heterocycles. The molecule has 0 bridgehead atoms. The lowest BCUT2D eigenvalue weighted by Gasteiger charge is -2.23. The molecule has 1 fully saturated rings.